The highest BCUT2D eigenvalue weighted by Crippen LogP contribution is 2.26. The number of hydrogen-bond donors (Lipinski definition) is 0. The van der Waals surface area contributed by atoms with Gasteiger partial charge in [0, 0.05) is 24.5 Å². The lowest BCUT2D eigenvalue weighted by Crippen LogP contribution is -2.37. The zero-order valence-electron chi connectivity index (χ0n) is 9.11. The summed E-state index contributed by atoms with van der Waals surface area (Å²) in [6.07, 6.45) is 1.22. The molecule has 0 N–H and O–H groups in total. The average molecular weight is 290 g/mol. The van der Waals surface area contributed by atoms with Gasteiger partial charge in [0.25, 0.3) is 0 Å². The van der Waals surface area contributed by atoms with Gasteiger partial charge in [-0.05, 0) is 42.9 Å². The fraction of sp³-hybridized carbons (Fsp3) is 0.700. The van der Waals surface area contributed by atoms with Gasteiger partial charge in [-0.1, -0.05) is 0 Å². The van der Waals surface area contributed by atoms with Crippen LogP contribution < -0.4 is 4.90 Å². The lowest BCUT2D eigenvalue weighted by Gasteiger charge is -2.27. The molecule has 1 aromatic rings. The third-order valence-electron chi connectivity index (χ3n) is 2.76. The first-order valence-electron chi connectivity index (χ1n) is 5.23. The molecule has 1 aliphatic heterocycles. The van der Waals surface area contributed by atoms with Crippen molar-refractivity contribution >= 4 is 32.4 Å². The van der Waals surface area contributed by atoms with Crippen molar-refractivity contribution in [3.05, 3.63) is 9.98 Å². The van der Waals surface area contributed by atoms with Gasteiger partial charge in [-0.25, -0.2) is 4.98 Å². The van der Waals surface area contributed by atoms with Gasteiger partial charge in [0.05, 0.1) is 0 Å². The number of likely N-dealkylation sites (N-methyl/N-ethyl adjacent to an activating group) is 1. The second-order valence-corrected chi connectivity index (χ2v) is 5.76. The van der Waals surface area contributed by atoms with Crippen LogP contribution in [0.2, 0.25) is 0 Å². The van der Waals surface area contributed by atoms with Crippen molar-refractivity contribution in [2.24, 2.45) is 0 Å². The van der Waals surface area contributed by atoms with Crippen molar-refractivity contribution in [2.75, 3.05) is 31.6 Å². The summed E-state index contributed by atoms with van der Waals surface area (Å²) < 4.78 is 0.951. The first-order chi connectivity index (χ1) is 7.16. The number of nitrogens with zero attached hydrogens (tertiary/aromatic N) is 3. The van der Waals surface area contributed by atoms with Crippen molar-refractivity contribution < 1.29 is 0 Å². The van der Waals surface area contributed by atoms with E-state index in [1.54, 1.807) is 11.3 Å². The molecule has 0 saturated carbocycles. The molecule has 1 atom stereocenters. The van der Waals surface area contributed by atoms with Crippen molar-refractivity contribution in [2.45, 2.75) is 19.4 Å². The minimum atomic E-state index is 0.551. The summed E-state index contributed by atoms with van der Waals surface area (Å²) in [5.74, 6) is 0. The van der Waals surface area contributed by atoms with Crippen LogP contribution in [0.15, 0.2) is 9.98 Å². The van der Waals surface area contributed by atoms with Crippen LogP contribution in [-0.4, -0.2) is 42.6 Å². The van der Waals surface area contributed by atoms with Gasteiger partial charge in [0.2, 0.25) is 0 Å². The summed E-state index contributed by atoms with van der Waals surface area (Å²) in [5.41, 5.74) is 0. The van der Waals surface area contributed by atoms with Gasteiger partial charge >= 0.3 is 0 Å². The van der Waals surface area contributed by atoms with E-state index in [9.17, 15) is 0 Å². The molecule has 84 valence electrons. The first kappa shape index (κ1) is 11.4. The zero-order chi connectivity index (χ0) is 10.8. The molecule has 0 aliphatic carbocycles. The molecule has 1 aromatic heterocycles. The van der Waals surface area contributed by atoms with Gasteiger partial charge in [-0.15, -0.1) is 11.3 Å². The molecule has 1 fully saturated rings. The number of aromatic nitrogens is 1. The van der Waals surface area contributed by atoms with Gasteiger partial charge in [0.1, 0.15) is 4.60 Å². The first-order valence-corrected chi connectivity index (χ1v) is 6.90. The number of hydrogen-bond acceptors (Lipinski definition) is 4. The van der Waals surface area contributed by atoms with Crippen LogP contribution in [0.1, 0.15) is 13.3 Å². The van der Waals surface area contributed by atoms with Gasteiger partial charge in [0.15, 0.2) is 5.13 Å². The lowest BCUT2D eigenvalue weighted by atomic mass is 10.3. The van der Waals surface area contributed by atoms with Crippen molar-refractivity contribution in [1.82, 2.24) is 9.88 Å². The van der Waals surface area contributed by atoms with Crippen LogP contribution in [0.3, 0.4) is 0 Å². The molecule has 15 heavy (non-hydrogen) atoms. The van der Waals surface area contributed by atoms with E-state index >= 15 is 0 Å². The molecule has 2 heterocycles. The maximum absolute atomic E-state index is 4.49. The van der Waals surface area contributed by atoms with E-state index in [1.807, 2.05) is 0 Å². The van der Waals surface area contributed by atoms with E-state index in [-0.39, 0.29) is 0 Å². The van der Waals surface area contributed by atoms with E-state index in [0.29, 0.717) is 6.04 Å². The topological polar surface area (TPSA) is 19.4 Å². The summed E-state index contributed by atoms with van der Waals surface area (Å²) in [5, 5.41) is 3.20. The summed E-state index contributed by atoms with van der Waals surface area (Å²) in [4.78, 5) is 9.31. The average Bonchev–Trinajstić information content (AvgIpc) is 2.51. The molecule has 2 rings (SSSR count). The Morgan fingerprint density at radius 2 is 2.33 bits per heavy atom. The van der Waals surface area contributed by atoms with Crippen molar-refractivity contribution in [1.29, 1.82) is 0 Å². The lowest BCUT2D eigenvalue weighted by molar-refractivity contribution is 0.337. The SMILES string of the molecule is CC1CN(C)CCCN1c1nc(Br)cs1. The van der Waals surface area contributed by atoms with E-state index in [0.717, 1.165) is 22.8 Å². The summed E-state index contributed by atoms with van der Waals surface area (Å²) in [6.45, 7) is 5.70. The van der Waals surface area contributed by atoms with Crippen LogP contribution in [0, 0.1) is 0 Å². The van der Waals surface area contributed by atoms with E-state index in [2.05, 4.69) is 50.1 Å². The maximum atomic E-state index is 4.49. The Morgan fingerprint density at radius 3 is 3.00 bits per heavy atom. The van der Waals surface area contributed by atoms with E-state index in [4.69, 9.17) is 0 Å². The van der Waals surface area contributed by atoms with Gasteiger partial charge in [-0.2, -0.15) is 0 Å². The normalized spacial score (nSPS) is 24.2. The van der Waals surface area contributed by atoms with Gasteiger partial charge < -0.3 is 9.80 Å². The fourth-order valence-electron chi connectivity index (χ4n) is 2.03. The molecule has 0 amide bonds. The molecule has 0 aromatic carbocycles. The second kappa shape index (κ2) is 4.80. The smallest absolute Gasteiger partial charge is 0.186 e. The Morgan fingerprint density at radius 1 is 1.53 bits per heavy atom. The monoisotopic (exact) mass is 289 g/mol. The van der Waals surface area contributed by atoms with Crippen molar-refractivity contribution in [3.8, 4) is 0 Å². The number of thiazole rings is 1. The minimum Gasteiger partial charge on any atom is -0.344 e. The third kappa shape index (κ3) is 2.71. The summed E-state index contributed by atoms with van der Waals surface area (Å²) in [6, 6.07) is 0.551. The van der Waals surface area contributed by atoms with Crippen LogP contribution in [-0.2, 0) is 0 Å². The Hall–Kier alpha value is -0.130. The fourth-order valence-corrected chi connectivity index (χ4v) is 3.41. The standard InChI is InChI=1S/C10H16BrN3S/c1-8-6-13(2)4-3-5-14(8)10-12-9(11)7-15-10/h7-8H,3-6H2,1-2H3. The number of rotatable bonds is 1. The van der Waals surface area contributed by atoms with Crippen LogP contribution >= 0.6 is 27.3 Å². The number of anilines is 1. The molecule has 5 heteroatoms. The van der Waals surface area contributed by atoms with E-state index in [1.165, 1.54) is 13.0 Å². The molecule has 0 spiro atoms. The van der Waals surface area contributed by atoms with Crippen LogP contribution in [0.5, 0.6) is 0 Å². The molecular formula is C10H16BrN3S. The molecule has 0 bridgehead atoms. The molecule has 1 aliphatic rings. The Kier molecular flexibility index (Phi) is 3.64. The largest absolute Gasteiger partial charge is 0.344 e. The Labute approximate surface area is 103 Å². The predicted octanol–water partition coefficient (Wildman–Crippen LogP) is 2.44. The quantitative estimate of drug-likeness (QED) is 0.792. The summed E-state index contributed by atoms with van der Waals surface area (Å²) in [7, 11) is 2.19. The molecule has 1 unspecified atom stereocenters. The minimum absolute atomic E-state index is 0.551. The van der Waals surface area contributed by atoms with Crippen LogP contribution in [0.25, 0.3) is 0 Å². The zero-order valence-corrected chi connectivity index (χ0v) is 11.5. The highest BCUT2D eigenvalue weighted by atomic mass is 79.9. The molecule has 0 radical (unpaired) electrons. The predicted molar refractivity (Wildman–Crippen MR) is 68.7 cm³/mol. The van der Waals surface area contributed by atoms with Gasteiger partial charge in [-0.3, -0.25) is 0 Å². The highest BCUT2D eigenvalue weighted by molar-refractivity contribution is 9.10. The maximum Gasteiger partial charge on any atom is 0.186 e. The molecule has 1 saturated heterocycles. The summed E-state index contributed by atoms with van der Waals surface area (Å²) >= 11 is 5.13. The molecular weight excluding hydrogens is 274 g/mol. The Balaban J connectivity index is 2.13. The Bertz CT molecular complexity index is 328. The van der Waals surface area contributed by atoms with Crippen LogP contribution in [0.4, 0.5) is 5.13 Å². The third-order valence-corrected chi connectivity index (χ3v) is 4.34. The second-order valence-electron chi connectivity index (χ2n) is 4.11. The highest BCUT2D eigenvalue weighted by Gasteiger charge is 2.21. The van der Waals surface area contributed by atoms with E-state index < -0.39 is 0 Å². The van der Waals surface area contributed by atoms with Crippen molar-refractivity contribution in [3.63, 3.8) is 0 Å². The molecule has 3 nitrogen and oxygen atoms in total. The number of halogens is 1.